The molecule has 0 saturated heterocycles. The van der Waals surface area contributed by atoms with Crippen LogP contribution in [0.15, 0.2) is 101 Å². The van der Waals surface area contributed by atoms with E-state index in [-0.39, 0.29) is 5.11 Å². The SMILES string of the molecule is CN(N=C1C(=Cc2cccc(Cl)c2)C(c2ccccc2)=NN1c1ccccc1)C(N)=S. The van der Waals surface area contributed by atoms with Gasteiger partial charge in [0.25, 0.3) is 0 Å². The van der Waals surface area contributed by atoms with Crippen LogP contribution in [-0.4, -0.2) is 28.7 Å². The fourth-order valence-corrected chi connectivity index (χ4v) is 3.40. The Labute approximate surface area is 191 Å². The number of hydrazone groups is 2. The van der Waals surface area contributed by atoms with Crippen LogP contribution < -0.4 is 10.7 Å². The van der Waals surface area contributed by atoms with Crippen LogP contribution in [0.2, 0.25) is 5.02 Å². The van der Waals surface area contributed by atoms with Crippen molar-refractivity contribution >= 4 is 52.2 Å². The van der Waals surface area contributed by atoms with Crippen LogP contribution in [0.5, 0.6) is 0 Å². The highest BCUT2D eigenvalue weighted by atomic mass is 35.5. The molecular weight excluding hydrogens is 426 g/mol. The maximum atomic E-state index is 6.23. The number of amidine groups is 1. The van der Waals surface area contributed by atoms with Gasteiger partial charge in [-0.1, -0.05) is 72.3 Å². The number of hydrogen-bond acceptors (Lipinski definition) is 3. The summed E-state index contributed by atoms with van der Waals surface area (Å²) in [5, 5.41) is 13.7. The van der Waals surface area contributed by atoms with Gasteiger partial charge in [0.1, 0.15) is 5.71 Å². The molecule has 1 aliphatic heterocycles. The molecule has 2 N–H and O–H groups in total. The minimum atomic E-state index is 0.163. The molecule has 0 bridgehead atoms. The van der Waals surface area contributed by atoms with Crippen molar-refractivity contribution in [3.63, 3.8) is 0 Å². The number of nitrogens with two attached hydrogens (primary N) is 1. The van der Waals surface area contributed by atoms with Crippen LogP contribution in [0.3, 0.4) is 0 Å². The van der Waals surface area contributed by atoms with E-state index in [1.54, 1.807) is 12.1 Å². The maximum Gasteiger partial charge on any atom is 0.186 e. The maximum absolute atomic E-state index is 6.23. The lowest BCUT2D eigenvalue weighted by Crippen LogP contribution is -2.32. The second-order valence-electron chi connectivity index (χ2n) is 6.86. The number of thiocarbonyl (C=S) groups is 1. The predicted octanol–water partition coefficient (Wildman–Crippen LogP) is 5.14. The Bertz CT molecular complexity index is 1190. The van der Waals surface area contributed by atoms with E-state index in [4.69, 9.17) is 39.8 Å². The number of para-hydroxylation sites is 1. The summed E-state index contributed by atoms with van der Waals surface area (Å²) in [6.45, 7) is 0. The summed E-state index contributed by atoms with van der Waals surface area (Å²) in [7, 11) is 1.72. The van der Waals surface area contributed by atoms with E-state index in [0.717, 1.165) is 28.1 Å². The summed E-state index contributed by atoms with van der Waals surface area (Å²) in [5.74, 6) is 0.611. The Morgan fingerprint density at radius 2 is 1.71 bits per heavy atom. The number of hydrogen-bond donors (Lipinski definition) is 1. The van der Waals surface area contributed by atoms with Crippen molar-refractivity contribution in [2.75, 3.05) is 12.1 Å². The molecule has 0 radical (unpaired) electrons. The highest BCUT2D eigenvalue weighted by Gasteiger charge is 2.31. The van der Waals surface area contributed by atoms with Gasteiger partial charge in [0.05, 0.1) is 5.69 Å². The molecule has 0 aliphatic carbocycles. The van der Waals surface area contributed by atoms with Crippen LogP contribution in [0.4, 0.5) is 5.69 Å². The molecule has 0 amide bonds. The highest BCUT2D eigenvalue weighted by Crippen LogP contribution is 2.29. The molecular formula is C24H20ClN5S. The molecule has 1 heterocycles. The van der Waals surface area contributed by atoms with E-state index in [2.05, 4.69) is 0 Å². The first kappa shape index (κ1) is 20.8. The molecule has 5 nitrogen and oxygen atoms in total. The van der Waals surface area contributed by atoms with E-state index in [1.165, 1.54) is 5.01 Å². The smallest absolute Gasteiger partial charge is 0.186 e. The lowest BCUT2D eigenvalue weighted by molar-refractivity contribution is 0.547. The van der Waals surface area contributed by atoms with Crippen molar-refractivity contribution in [2.45, 2.75) is 0 Å². The molecule has 1 aliphatic rings. The summed E-state index contributed by atoms with van der Waals surface area (Å²) in [6.07, 6.45) is 2.02. The number of halogens is 1. The van der Waals surface area contributed by atoms with Gasteiger partial charge in [-0.25, -0.2) is 10.0 Å². The minimum absolute atomic E-state index is 0.163. The van der Waals surface area contributed by atoms with Crippen molar-refractivity contribution in [1.29, 1.82) is 0 Å². The quantitative estimate of drug-likeness (QED) is 0.446. The standard InChI is InChI=1S/C24H20ClN5S/c1-29(24(26)31)28-23-21(16-17-9-8-12-19(25)15-17)22(18-10-4-2-5-11-18)27-30(23)20-13-6-3-7-14-20/h2-16H,1H3,(H2,26,31). The van der Waals surface area contributed by atoms with Gasteiger partial charge in [0, 0.05) is 23.2 Å². The summed E-state index contributed by atoms with van der Waals surface area (Å²) >= 11 is 11.3. The summed E-state index contributed by atoms with van der Waals surface area (Å²) in [6, 6.07) is 27.5. The van der Waals surface area contributed by atoms with E-state index in [9.17, 15) is 0 Å². The normalized spacial score (nSPS) is 15.9. The zero-order valence-electron chi connectivity index (χ0n) is 16.8. The first-order valence-corrected chi connectivity index (χ1v) is 10.4. The van der Waals surface area contributed by atoms with Crippen LogP contribution in [0.25, 0.3) is 6.08 Å². The predicted molar refractivity (Wildman–Crippen MR) is 133 cm³/mol. The van der Waals surface area contributed by atoms with Crippen LogP contribution in [0, 0.1) is 0 Å². The average molecular weight is 446 g/mol. The van der Waals surface area contributed by atoms with E-state index in [0.29, 0.717) is 10.9 Å². The minimum Gasteiger partial charge on any atom is -0.375 e. The van der Waals surface area contributed by atoms with Crippen molar-refractivity contribution in [2.24, 2.45) is 15.9 Å². The Morgan fingerprint density at radius 3 is 2.35 bits per heavy atom. The van der Waals surface area contributed by atoms with Gasteiger partial charge in [-0.2, -0.15) is 10.2 Å². The van der Waals surface area contributed by atoms with Gasteiger partial charge in [-0.15, -0.1) is 0 Å². The zero-order chi connectivity index (χ0) is 21.8. The lowest BCUT2D eigenvalue weighted by Gasteiger charge is -2.18. The molecule has 3 aromatic carbocycles. The topological polar surface area (TPSA) is 57.2 Å². The van der Waals surface area contributed by atoms with Gasteiger partial charge in [-0.3, -0.25) is 0 Å². The summed E-state index contributed by atoms with van der Waals surface area (Å²) in [5.41, 5.74) is 10.2. The molecule has 7 heteroatoms. The third-order valence-electron chi connectivity index (χ3n) is 4.67. The van der Waals surface area contributed by atoms with Gasteiger partial charge >= 0.3 is 0 Å². The Balaban J connectivity index is 1.94. The third kappa shape index (κ3) is 4.66. The fraction of sp³-hybridized carbons (Fsp3) is 0.0417. The van der Waals surface area contributed by atoms with Crippen LogP contribution in [-0.2, 0) is 0 Å². The first-order chi connectivity index (χ1) is 15.0. The number of rotatable bonds is 4. The molecule has 0 aromatic heterocycles. The highest BCUT2D eigenvalue weighted by molar-refractivity contribution is 7.80. The van der Waals surface area contributed by atoms with Crippen molar-refractivity contribution in [3.05, 3.63) is 107 Å². The van der Waals surface area contributed by atoms with Crippen LogP contribution >= 0.6 is 23.8 Å². The Kier molecular flexibility index (Phi) is 6.11. The largest absolute Gasteiger partial charge is 0.375 e. The van der Waals surface area contributed by atoms with Crippen molar-refractivity contribution in [1.82, 2.24) is 5.01 Å². The fourth-order valence-electron chi connectivity index (χ4n) is 3.16. The molecule has 0 saturated carbocycles. The van der Waals surface area contributed by atoms with Crippen LogP contribution in [0.1, 0.15) is 11.1 Å². The number of benzene rings is 3. The summed E-state index contributed by atoms with van der Waals surface area (Å²) < 4.78 is 0. The summed E-state index contributed by atoms with van der Waals surface area (Å²) in [4.78, 5) is 0. The zero-order valence-corrected chi connectivity index (χ0v) is 18.4. The van der Waals surface area contributed by atoms with E-state index in [1.807, 2.05) is 91.0 Å². The molecule has 0 unspecified atom stereocenters. The second kappa shape index (κ2) is 9.12. The lowest BCUT2D eigenvalue weighted by atomic mass is 10.00. The second-order valence-corrected chi connectivity index (χ2v) is 7.72. The average Bonchev–Trinajstić information content (AvgIpc) is 3.13. The first-order valence-electron chi connectivity index (χ1n) is 9.62. The van der Waals surface area contributed by atoms with Gasteiger partial charge in [0.15, 0.2) is 10.9 Å². The molecule has 4 rings (SSSR count). The molecule has 154 valence electrons. The molecule has 3 aromatic rings. The monoisotopic (exact) mass is 445 g/mol. The van der Waals surface area contributed by atoms with E-state index >= 15 is 0 Å². The van der Waals surface area contributed by atoms with Gasteiger partial charge < -0.3 is 5.73 Å². The Morgan fingerprint density at radius 1 is 1.03 bits per heavy atom. The third-order valence-corrected chi connectivity index (χ3v) is 5.17. The Hall–Kier alpha value is -3.48. The molecule has 0 fully saturated rings. The van der Waals surface area contributed by atoms with Crippen molar-refractivity contribution < 1.29 is 0 Å². The number of nitrogens with zero attached hydrogens (tertiary/aromatic N) is 4. The van der Waals surface area contributed by atoms with E-state index < -0.39 is 0 Å². The number of anilines is 1. The van der Waals surface area contributed by atoms with Gasteiger partial charge in [0.2, 0.25) is 0 Å². The van der Waals surface area contributed by atoms with Crippen molar-refractivity contribution in [3.8, 4) is 0 Å². The van der Waals surface area contributed by atoms with Gasteiger partial charge in [-0.05, 0) is 48.1 Å². The molecule has 0 atom stereocenters. The molecule has 31 heavy (non-hydrogen) atoms. The molecule has 0 spiro atoms.